The Morgan fingerprint density at radius 3 is 1.76 bits per heavy atom. The van der Waals surface area contributed by atoms with Crippen molar-refractivity contribution >= 4 is 11.8 Å². The lowest BCUT2D eigenvalue weighted by Crippen LogP contribution is -1.98. The summed E-state index contributed by atoms with van der Waals surface area (Å²) in [5, 5.41) is 0. The Kier molecular flexibility index (Phi) is 8.31. The Labute approximate surface area is 200 Å². The van der Waals surface area contributed by atoms with Crippen LogP contribution in [0, 0.1) is 0 Å². The van der Waals surface area contributed by atoms with Gasteiger partial charge in [0.15, 0.2) is 11.5 Å². The van der Waals surface area contributed by atoms with Gasteiger partial charge in [-0.2, -0.15) is 11.8 Å². The van der Waals surface area contributed by atoms with Crippen LogP contribution in [0.4, 0.5) is 0 Å². The van der Waals surface area contributed by atoms with Crippen molar-refractivity contribution < 1.29 is 14.2 Å². The highest BCUT2D eigenvalue weighted by Crippen LogP contribution is 2.31. The fourth-order valence-corrected chi connectivity index (χ4v) is 4.31. The zero-order valence-electron chi connectivity index (χ0n) is 18.8. The third kappa shape index (κ3) is 7.06. The van der Waals surface area contributed by atoms with Crippen LogP contribution in [-0.2, 0) is 24.7 Å². The SMILES string of the molecule is COc1cc(CSCc2ccc(OCc3ccccc3)cc2)ccc1OCc1ccccc1. The number of ether oxygens (including phenoxy) is 3. The average Bonchev–Trinajstić information content (AvgIpc) is 2.88. The van der Waals surface area contributed by atoms with E-state index in [1.165, 1.54) is 16.7 Å². The van der Waals surface area contributed by atoms with Crippen LogP contribution in [0.3, 0.4) is 0 Å². The molecular formula is C29H28O3S. The predicted octanol–water partition coefficient (Wildman–Crippen LogP) is 7.29. The van der Waals surface area contributed by atoms with Crippen molar-refractivity contribution in [2.75, 3.05) is 7.11 Å². The molecule has 33 heavy (non-hydrogen) atoms. The maximum atomic E-state index is 5.96. The average molecular weight is 457 g/mol. The smallest absolute Gasteiger partial charge is 0.161 e. The number of benzene rings is 4. The molecular weight excluding hydrogens is 428 g/mol. The van der Waals surface area contributed by atoms with E-state index >= 15 is 0 Å². The van der Waals surface area contributed by atoms with Gasteiger partial charge in [-0.3, -0.25) is 0 Å². The van der Waals surface area contributed by atoms with Gasteiger partial charge in [0.1, 0.15) is 19.0 Å². The fourth-order valence-electron chi connectivity index (χ4n) is 3.37. The highest BCUT2D eigenvalue weighted by Gasteiger charge is 2.07. The van der Waals surface area contributed by atoms with Gasteiger partial charge in [-0.15, -0.1) is 0 Å². The Balaban J connectivity index is 1.25. The van der Waals surface area contributed by atoms with Crippen molar-refractivity contribution in [3.8, 4) is 17.2 Å². The summed E-state index contributed by atoms with van der Waals surface area (Å²) in [6.45, 7) is 1.11. The van der Waals surface area contributed by atoms with Crippen molar-refractivity contribution in [1.82, 2.24) is 0 Å². The molecule has 0 atom stereocenters. The first-order valence-electron chi connectivity index (χ1n) is 11.0. The molecule has 4 heteroatoms. The zero-order valence-corrected chi connectivity index (χ0v) is 19.6. The summed E-state index contributed by atoms with van der Waals surface area (Å²) in [5.74, 6) is 4.27. The second-order valence-corrected chi connectivity index (χ2v) is 8.66. The van der Waals surface area contributed by atoms with E-state index in [-0.39, 0.29) is 0 Å². The molecule has 4 aromatic rings. The van der Waals surface area contributed by atoms with E-state index in [9.17, 15) is 0 Å². The van der Waals surface area contributed by atoms with E-state index in [2.05, 4.69) is 48.5 Å². The lowest BCUT2D eigenvalue weighted by molar-refractivity contribution is 0.284. The van der Waals surface area contributed by atoms with Crippen LogP contribution in [-0.4, -0.2) is 7.11 Å². The van der Waals surface area contributed by atoms with Crippen molar-refractivity contribution in [2.45, 2.75) is 24.7 Å². The van der Waals surface area contributed by atoms with Crippen LogP contribution in [0.2, 0.25) is 0 Å². The van der Waals surface area contributed by atoms with E-state index in [1.807, 2.05) is 66.4 Å². The number of methoxy groups -OCH3 is 1. The zero-order chi connectivity index (χ0) is 22.7. The summed E-state index contributed by atoms with van der Waals surface area (Å²) >= 11 is 1.87. The molecule has 0 aliphatic heterocycles. The minimum Gasteiger partial charge on any atom is -0.493 e. The minimum absolute atomic E-state index is 0.524. The molecule has 0 bridgehead atoms. The van der Waals surface area contributed by atoms with E-state index < -0.39 is 0 Å². The van der Waals surface area contributed by atoms with E-state index in [1.54, 1.807) is 7.11 Å². The summed E-state index contributed by atoms with van der Waals surface area (Å²) in [4.78, 5) is 0. The van der Waals surface area contributed by atoms with Crippen LogP contribution >= 0.6 is 11.8 Å². The van der Waals surface area contributed by atoms with Crippen molar-refractivity contribution in [3.05, 3.63) is 125 Å². The van der Waals surface area contributed by atoms with Gasteiger partial charge in [0.2, 0.25) is 0 Å². The molecule has 0 unspecified atom stereocenters. The second kappa shape index (κ2) is 12.0. The second-order valence-electron chi connectivity index (χ2n) is 7.67. The third-order valence-corrected chi connectivity index (χ3v) is 6.25. The molecule has 0 saturated heterocycles. The first-order valence-corrected chi connectivity index (χ1v) is 12.1. The molecule has 4 aromatic carbocycles. The van der Waals surface area contributed by atoms with Gasteiger partial charge >= 0.3 is 0 Å². The van der Waals surface area contributed by atoms with Crippen LogP contribution in [0.5, 0.6) is 17.2 Å². The minimum atomic E-state index is 0.524. The molecule has 0 radical (unpaired) electrons. The lowest BCUT2D eigenvalue weighted by atomic mass is 10.2. The monoisotopic (exact) mass is 456 g/mol. The molecule has 0 heterocycles. The number of thioether (sulfide) groups is 1. The van der Waals surface area contributed by atoms with Gasteiger partial charge in [-0.1, -0.05) is 78.9 Å². The van der Waals surface area contributed by atoms with Gasteiger partial charge in [0.05, 0.1) is 7.11 Å². The van der Waals surface area contributed by atoms with E-state index in [0.29, 0.717) is 13.2 Å². The summed E-state index contributed by atoms with van der Waals surface area (Å²) in [6.07, 6.45) is 0. The Morgan fingerprint density at radius 2 is 1.12 bits per heavy atom. The number of rotatable bonds is 11. The molecule has 0 aromatic heterocycles. The highest BCUT2D eigenvalue weighted by atomic mass is 32.2. The lowest BCUT2D eigenvalue weighted by Gasteiger charge is -2.12. The van der Waals surface area contributed by atoms with Gasteiger partial charge in [-0.05, 0) is 46.5 Å². The van der Waals surface area contributed by atoms with Gasteiger partial charge in [0.25, 0.3) is 0 Å². The van der Waals surface area contributed by atoms with Crippen LogP contribution in [0.15, 0.2) is 103 Å². The molecule has 168 valence electrons. The van der Waals surface area contributed by atoms with Crippen LogP contribution in [0.1, 0.15) is 22.3 Å². The van der Waals surface area contributed by atoms with Crippen LogP contribution in [0.25, 0.3) is 0 Å². The van der Waals surface area contributed by atoms with E-state index in [0.717, 1.165) is 34.3 Å². The third-order valence-electron chi connectivity index (χ3n) is 5.17. The largest absolute Gasteiger partial charge is 0.493 e. The van der Waals surface area contributed by atoms with Crippen LogP contribution < -0.4 is 14.2 Å². The molecule has 0 aliphatic rings. The summed E-state index contributed by atoms with van der Waals surface area (Å²) < 4.78 is 17.4. The fraction of sp³-hybridized carbons (Fsp3) is 0.172. The molecule has 0 spiro atoms. The summed E-state index contributed by atoms with van der Waals surface area (Å²) in [6, 6.07) is 34.9. The van der Waals surface area contributed by atoms with Crippen molar-refractivity contribution in [1.29, 1.82) is 0 Å². The van der Waals surface area contributed by atoms with Crippen molar-refractivity contribution in [3.63, 3.8) is 0 Å². The quantitative estimate of drug-likeness (QED) is 0.237. The highest BCUT2D eigenvalue weighted by molar-refractivity contribution is 7.97. The topological polar surface area (TPSA) is 27.7 Å². The summed E-state index contributed by atoms with van der Waals surface area (Å²) in [5.41, 5.74) is 4.80. The maximum Gasteiger partial charge on any atom is 0.161 e. The standard InChI is InChI=1S/C29H28O3S/c1-30-29-18-26(14-17-28(29)32-20-24-10-6-3-7-11-24)22-33-21-25-12-15-27(16-13-25)31-19-23-8-4-2-5-9-23/h2-18H,19-22H2,1H3. The number of hydrogen-bond donors (Lipinski definition) is 0. The van der Waals surface area contributed by atoms with Crippen molar-refractivity contribution in [2.24, 2.45) is 0 Å². The van der Waals surface area contributed by atoms with Gasteiger partial charge < -0.3 is 14.2 Å². The molecule has 4 rings (SSSR count). The Morgan fingerprint density at radius 1 is 0.545 bits per heavy atom. The predicted molar refractivity (Wildman–Crippen MR) is 136 cm³/mol. The molecule has 0 amide bonds. The molecule has 0 aliphatic carbocycles. The molecule has 0 N–H and O–H groups in total. The van der Waals surface area contributed by atoms with Gasteiger partial charge in [-0.25, -0.2) is 0 Å². The first kappa shape index (κ1) is 22.8. The number of hydrogen-bond acceptors (Lipinski definition) is 4. The first-order chi connectivity index (χ1) is 16.3. The summed E-state index contributed by atoms with van der Waals surface area (Å²) in [7, 11) is 1.68. The van der Waals surface area contributed by atoms with E-state index in [4.69, 9.17) is 14.2 Å². The maximum absolute atomic E-state index is 5.96. The van der Waals surface area contributed by atoms with Gasteiger partial charge in [0, 0.05) is 11.5 Å². The molecule has 0 saturated carbocycles. The normalized spacial score (nSPS) is 10.6. The Hall–Kier alpha value is -3.37. The molecule has 3 nitrogen and oxygen atoms in total. The molecule has 0 fully saturated rings. The Bertz CT molecular complexity index is 1110.